The molecule has 0 amide bonds. The third-order valence-electron chi connectivity index (χ3n) is 3.98. The van der Waals surface area contributed by atoms with E-state index in [0.29, 0.717) is 12.5 Å². The number of anilines is 2. The van der Waals surface area contributed by atoms with Gasteiger partial charge in [0, 0.05) is 30.4 Å². The molecule has 104 valence electrons. The van der Waals surface area contributed by atoms with Gasteiger partial charge < -0.3 is 15.4 Å². The standard InChI is InChI=1S/C17H20N2O/c1-19(14-5-3-2-4-6-14)15-7-8-16-13(12-18)9-10-20-17(16)11-15/h2-8,11,13H,9-10,12,18H2,1H3/t13-/m0/s1. The van der Waals surface area contributed by atoms with E-state index >= 15 is 0 Å². The molecule has 1 aliphatic rings. The van der Waals surface area contributed by atoms with Gasteiger partial charge in [0.2, 0.25) is 0 Å². The Morgan fingerprint density at radius 1 is 1.15 bits per heavy atom. The van der Waals surface area contributed by atoms with E-state index < -0.39 is 0 Å². The van der Waals surface area contributed by atoms with Crippen LogP contribution < -0.4 is 15.4 Å². The lowest BCUT2D eigenvalue weighted by Crippen LogP contribution is -2.21. The fourth-order valence-electron chi connectivity index (χ4n) is 2.71. The lowest BCUT2D eigenvalue weighted by molar-refractivity contribution is 0.269. The molecule has 2 aromatic carbocycles. The van der Waals surface area contributed by atoms with Crippen LogP contribution in [0.5, 0.6) is 5.75 Å². The van der Waals surface area contributed by atoms with Crippen LogP contribution in [0.2, 0.25) is 0 Å². The lowest BCUT2D eigenvalue weighted by atomic mass is 9.93. The Morgan fingerprint density at radius 2 is 1.95 bits per heavy atom. The van der Waals surface area contributed by atoms with E-state index in [1.807, 2.05) is 18.2 Å². The molecule has 3 heteroatoms. The smallest absolute Gasteiger partial charge is 0.124 e. The number of hydrogen-bond acceptors (Lipinski definition) is 3. The Bertz CT molecular complexity index is 583. The Morgan fingerprint density at radius 3 is 2.70 bits per heavy atom. The molecule has 1 atom stereocenters. The number of rotatable bonds is 3. The van der Waals surface area contributed by atoms with Crippen LogP contribution in [-0.2, 0) is 0 Å². The summed E-state index contributed by atoms with van der Waals surface area (Å²) in [5.41, 5.74) is 9.38. The van der Waals surface area contributed by atoms with Crippen molar-refractivity contribution in [3.8, 4) is 5.75 Å². The highest BCUT2D eigenvalue weighted by atomic mass is 16.5. The second-order valence-electron chi connectivity index (χ2n) is 5.19. The Balaban J connectivity index is 1.92. The largest absolute Gasteiger partial charge is 0.493 e. The molecule has 1 aliphatic heterocycles. The summed E-state index contributed by atoms with van der Waals surface area (Å²) in [5, 5.41) is 0. The van der Waals surface area contributed by atoms with Crippen LogP contribution in [0.15, 0.2) is 48.5 Å². The van der Waals surface area contributed by atoms with E-state index in [4.69, 9.17) is 10.5 Å². The molecule has 0 aliphatic carbocycles. The van der Waals surface area contributed by atoms with E-state index in [0.717, 1.165) is 24.5 Å². The normalized spacial score (nSPS) is 17.2. The van der Waals surface area contributed by atoms with Gasteiger partial charge in [-0.2, -0.15) is 0 Å². The minimum atomic E-state index is 0.426. The van der Waals surface area contributed by atoms with Gasteiger partial charge in [0.25, 0.3) is 0 Å². The van der Waals surface area contributed by atoms with Crippen molar-refractivity contribution in [2.45, 2.75) is 12.3 Å². The van der Waals surface area contributed by atoms with Crippen molar-refractivity contribution >= 4 is 11.4 Å². The minimum absolute atomic E-state index is 0.426. The third kappa shape index (κ3) is 2.37. The predicted molar refractivity (Wildman–Crippen MR) is 82.9 cm³/mol. The number of nitrogens with two attached hydrogens (primary N) is 1. The Hall–Kier alpha value is -2.00. The topological polar surface area (TPSA) is 38.5 Å². The number of para-hydroxylation sites is 1. The summed E-state index contributed by atoms with van der Waals surface area (Å²) in [7, 11) is 2.07. The van der Waals surface area contributed by atoms with E-state index in [2.05, 4.69) is 42.3 Å². The van der Waals surface area contributed by atoms with Gasteiger partial charge in [0.1, 0.15) is 5.75 Å². The molecule has 1 heterocycles. The molecule has 0 saturated heterocycles. The van der Waals surface area contributed by atoms with Gasteiger partial charge in [0.15, 0.2) is 0 Å². The molecule has 0 aromatic heterocycles. The maximum atomic E-state index is 5.84. The first kappa shape index (κ1) is 13.0. The summed E-state index contributed by atoms with van der Waals surface area (Å²) in [6, 6.07) is 16.7. The maximum absolute atomic E-state index is 5.84. The molecule has 2 N–H and O–H groups in total. The van der Waals surface area contributed by atoms with Gasteiger partial charge in [-0.25, -0.2) is 0 Å². The Labute approximate surface area is 120 Å². The molecule has 0 spiro atoms. The van der Waals surface area contributed by atoms with Gasteiger partial charge in [0.05, 0.1) is 6.61 Å². The zero-order valence-electron chi connectivity index (χ0n) is 11.8. The van der Waals surface area contributed by atoms with Crippen molar-refractivity contribution in [1.82, 2.24) is 0 Å². The van der Waals surface area contributed by atoms with E-state index in [-0.39, 0.29) is 0 Å². The zero-order valence-corrected chi connectivity index (χ0v) is 11.8. The fourth-order valence-corrected chi connectivity index (χ4v) is 2.71. The monoisotopic (exact) mass is 268 g/mol. The SMILES string of the molecule is CN(c1ccccc1)c1ccc2c(c1)OCC[C@H]2CN. The third-order valence-corrected chi connectivity index (χ3v) is 3.98. The second-order valence-corrected chi connectivity index (χ2v) is 5.19. The molecule has 20 heavy (non-hydrogen) atoms. The van der Waals surface area contributed by atoms with Crippen molar-refractivity contribution in [1.29, 1.82) is 0 Å². The summed E-state index contributed by atoms with van der Waals surface area (Å²) in [6.45, 7) is 1.44. The van der Waals surface area contributed by atoms with Crippen LogP contribution in [0.3, 0.4) is 0 Å². The van der Waals surface area contributed by atoms with Crippen LogP contribution in [-0.4, -0.2) is 20.2 Å². The van der Waals surface area contributed by atoms with Crippen LogP contribution in [0.25, 0.3) is 0 Å². The van der Waals surface area contributed by atoms with Crippen molar-refractivity contribution < 1.29 is 4.74 Å². The number of fused-ring (bicyclic) bond motifs is 1. The zero-order chi connectivity index (χ0) is 13.9. The first-order chi connectivity index (χ1) is 9.79. The lowest BCUT2D eigenvalue weighted by Gasteiger charge is -2.27. The average Bonchev–Trinajstić information content (AvgIpc) is 2.53. The summed E-state index contributed by atoms with van der Waals surface area (Å²) >= 11 is 0. The quantitative estimate of drug-likeness (QED) is 0.928. The Kier molecular flexibility index (Phi) is 3.61. The highest BCUT2D eigenvalue weighted by Crippen LogP contribution is 2.37. The van der Waals surface area contributed by atoms with Crippen LogP contribution in [0.4, 0.5) is 11.4 Å². The van der Waals surface area contributed by atoms with Crippen molar-refractivity contribution in [2.75, 3.05) is 25.1 Å². The molecule has 3 nitrogen and oxygen atoms in total. The van der Waals surface area contributed by atoms with Crippen molar-refractivity contribution in [3.63, 3.8) is 0 Å². The summed E-state index contributed by atoms with van der Waals surface area (Å²) in [5.74, 6) is 1.40. The number of hydrogen-bond donors (Lipinski definition) is 1. The fraction of sp³-hybridized carbons (Fsp3) is 0.294. The van der Waals surface area contributed by atoms with Gasteiger partial charge in [-0.05, 0) is 36.7 Å². The number of ether oxygens (including phenoxy) is 1. The van der Waals surface area contributed by atoms with Gasteiger partial charge >= 0.3 is 0 Å². The number of benzene rings is 2. The van der Waals surface area contributed by atoms with Gasteiger partial charge in [-0.3, -0.25) is 0 Å². The maximum Gasteiger partial charge on any atom is 0.124 e. The summed E-state index contributed by atoms with van der Waals surface area (Å²) in [6.07, 6.45) is 1.01. The summed E-state index contributed by atoms with van der Waals surface area (Å²) < 4.78 is 5.80. The highest BCUT2D eigenvalue weighted by Gasteiger charge is 2.21. The molecule has 3 rings (SSSR count). The molecule has 0 radical (unpaired) electrons. The molecule has 0 saturated carbocycles. The molecule has 0 bridgehead atoms. The molecular formula is C17H20N2O. The predicted octanol–water partition coefficient (Wildman–Crippen LogP) is 3.28. The molecular weight excluding hydrogens is 248 g/mol. The van der Waals surface area contributed by atoms with E-state index in [9.17, 15) is 0 Å². The van der Waals surface area contributed by atoms with Crippen LogP contribution in [0.1, 0.15) is 17.9 Å². The van der Waals surface area contributed by atoms with Gasteiger partial charge in [-0.15, -0.1) is 0 Å². The van der Waals surface area contributed by atoms with E-state index in [1.165, 1.54) is 11.3 Å². The van der Waals surface area contributed by atoms with Crippen LogP contribution >= 0.6 is 0 Å². The van der Waals surface area contributed by atoms with Crippen LogP contribution in [0, 0.1) is 0 Å². The first-order valence-corrected chi connectivity index (χ1v) is 7.05. The highest BCUT2D eigenvalue weighted by molar-refractivity contribution is 5.65. The van der Waals surface area contributed by atoms with Crippen molar-refractivity contribution in [2.24, 2.45) is 5.73 Å². The average molecular weight is 268 g/mol. The van der Waals surface area contributed by atoms with Gasteiger partial charge in [-0.1, -0.05) is 24.3 Å². The molecule has 0 unspecified atom stereocenters. The van der Waals surface area contributed by atoms with E-state index in [1.54, 1.807) is 0 Å². The summed E-state index contributed by atoms with van der Waals surface area (Å²) in [4.78, 5) is 2.16. The second kappa shape index (κ2) is 5.55. The minimum Gasteiger partial charge on any atom is -0.493 e. The molecule has 0 fully saturated rings. The number of nitrogens with zero attached hydrogens (tertiary/aromatic N) is 1. The first-order valence-electron chi connectivity index (χ1n) is 7.05. The van der Waals surface area contributed by atoms with Crippen molar-refractivity contribution in [3.05, 3.63) is 54.1 Å². The molecule has 2 aromatic rings.